The van der Waals surface area contributed by atoms with Gasteiger partial charge in [-0.3, -0.25) is 15.1 Å². The van der Waals surface area contributed by atoms with Crippen LogP contribution in [0.4, 0.5) is 17.1 Å². The summed E-state index contributed by atoms with van der Waals surface area (Å²) in [5.74, 6) is 0.148. The summed E-state index contributed by atoms with van der Waals surface area (Å²) >= 11 is 13.2. The van der Waals surface area contributed by atoms with Crippen LogP contribution in [0.1, 0.15) is 34.3 Å². The van der Waals surface area contributed by atoms with Crippen molar-refractivity contribution in [3.8, 4) is 11.1 Å². The molecule has 0 aromatic heterocycles. The standard InChI is InChI=1S/C36H38Cl2N6O/c1-25-7-2-3-10-31(25)27-8-6-9-28(23-27)35(45)40-29-11-13-30(14-12-29)43-17-19-44(20-18-43)36(39)41-34-32(37)21-26(22-33(34)38)24-42-15-4-5-16-42/h2-3,6-14,21-23H,4-5,15-20,24H2,1H3,(H2,39,41)(H,40,45). The second-order valence-corrected chi connectivity index (χ2v) is 12.6. The van der Waals surface area contributed by atoms with E-state index in [0.29, 0.717) is 34.4 Å². The van der Waals surface area contributed by atoms with Crippen molar-refractivity contribution in [3.05, 3.63) is 112 Å². The number of hydrogen-bond donors (Lipinski definition) is 3. The van der Waals surface area contributed by atoms with E-state index in [1.807, 2.05) is 77.7 Å². The number of amides is 1. The molecule has 3 N–H and O–H groups in total. The number of benzene rings is 4. The molecule has 2 heterocycles. The van der Waals surface area contributed by atoms with Gasteiger partial charge in [0.05, 0.1) is 15.7 Å². The Morgan fingerprint density at radius 2 is 1.49 bits per heavy atom. The fourth-order valence-electron chi connectivity index (χ4n) is 6.10. The van der Waals surface area contributed by atoms with Gasteiger partial charge in [0.1, 0.15) is 0 Å². The van der Waals surface area contributed by atoms with Gasteiger partial charge < -0.3 is 20.4 Å². The molecular weight excluding hydrogens is 603 g/mol. The lowest BCUT2D eigenvalue weighted by Crippen LogP contribution is -2.50. The van der Waals surface area contributed by atoms with Crippen molar-refractivity contribution >= 4 is 52.1 Å². The third-order valence-corrected chi connectivity index (χ3v) is 9.21. The zero-order valence-electron chi connectivity index (χ0n) is 25.5. The van der Waals surface area contributed by atoms with Gasteiger partial charge in [0.25, 0.3) is 5.91 Å². The highest BCUT2D eigenvalue weighted by molar-refractivity contribution is 6.39. The highest BCUT2D eigenvalue weighted by Gasteiger charge is 2.22. The summed E-state index contributed by atoms with van der Waals surface area (Å²) in [6.07, 6.45) is 2.47. The van der Waals surface area contributed by atoms with Gasteiger partial charge in [-0.05, 0) is 104 Å². The molecule has 0 spiro atoms. The molecule has 0 radical (unpaired) electrons. The molecule has 4 aromatic rings. The molecule has 2 aliphatic heterocycles. The minimum absolute atomic E-state index is 0.140. The average molecular weight is 642 g/mol. The molecule has 0 atom stereocenters. The van der Waals surface area contributed by atoms with Crippen LogP contribution in [-0.2, 0) is 6.54 Å². The van der Waals surface area contributed by atoms with E-state index in [0.717, 1.165) is 60.8 Å². The lowest BCUT2D eigenvalue weighted by atomic mass is 9.99. The number of piperazine rings is 1. The molecule has 4 aromatic carbocycles. The molecule has 2 fully saturated rings. The molecule has 2 saturated heterocycles. The number of anilines is 3. The van der Waals surface area contributed by atoms with Crippen LogP contribution in [0.15, 0.2) is 84.9 Å². The summed E-state index contributed by atoms with van der Waals surface area (Å²) in [5, 5.41) is 15.9. The molecule has 7 nitrogen and oxygen atoms in total. The van der Waals surface area contributed by atoms with Crippen LogP contribution in [0.3, 0.4) is 0 Å². The minimum Gasteiger partial charge on any atom is -0.368 e. The Morgan fingerprint density at radius 1 is 0.800 bits per heavy atom. The Labute approximate surface area is 275 Å². The largest absolute Gasteiger partial charge is 0.368 e. The minimum atomic E-state index is -0.140. The maximum Gasteiger partial charge on any atom is 0.255 e. The fraction of sp³-hybridized carbons (Fsp3) is 0.278. The topological polar surface area (TPSA) is 74.7 Å². The van der Waals surface area contributed by atoms with Gasteiger partial charge in [-0.15, -0.1) is 0 Å². The smallest absolute Gasteiger partial charge is 0.255 e. The molecule has 9 heteroatoms. The van der Waals surface area contributed by atoms with E-state index in [1.165, 1.54) is 18.4 Å². The number of carbonyl (C=O) groups excluding carboxylic acids is 1. The van der Waals surface area contributed by atoms with E-state index < -0.39 is 0 Å². The normalized spacial score (nSPS) is 15.3. The number of carbonyl (C=O) groups is 1. The third-order valence-electron chi connectivity index (χ3n) is 8.62. The van der Waals surface area contributed by atoms with Gasteiger partial charge in [0.15, 0.2) is 5.96 Å². The zero-order chi connectivity index (χ0) is 31.3. The van der Waals surface area contributed by atoms with Gasteiger partial charge in [0.2, 0.25) is 0 Å². The third kappa shape index (κ3) is 7.44. The van der Waals surface area contributed by atoms with Crippen LogP contribution in [0, 0.1) is 12.3 Å². The second-order valence-electron chi connectivity index (χ2n) is 11.8. The molecule has 0 saturated carbocycles. The van der Waals surface area contributed by atoms with Crippen molar-refractivity contribution in [3.63, 3.8) is 0 Å². The predicted octanol–water partition coefficient (Wildman–Crippen LogP) is 7.99. The van der Waals surface area contributed by atoms with Crippen LogP contribution in [0.25, 0.3) is 11.1 Å². The van der Waals surface area contributed by atoms with Gasteiger partial charge in [-0.25, -0.2) is 0 Å². The predicted molar refractivity (Wildman–Crippen MR) is 187 cm³/mol. The van der Waals surface area contributed by atoms with Crippen LogP contribution >= 0.6 is 23.2 Å². The summed E-state index contributed by atoms with van der Waals surface area (Å²) in [4.78, 5) is 19.8. The molecule has 232 valence electrons. The van der Waals surface area contributed by atoms with E-state index >= 15 is 0 Å². The molecule has 0 aliphatic carbocycles. The van der Waals surface area contributed by atoms with Crippen LogP contribution in [0.5, 0.6) is 0 Å². The van der Waals surface area contributed by atoms with Crippen molar-refractivity contribution in [1.29, 1.82) is 5.41 Å². The van der Waals surface area contributed by atoms with Gasteiger partial charge >= 0.3 is 0 Å². The summed E-state index contributed by atoms with van der Waals surface area (Å²) in [5.41, 5.74) is 7.43. The fourth-order valence-corrected chi connectivity index (χ4v) is 6.73. The molecule has 0 unspecified atom stereocenters. The van der Waals surface area contributed by atoms with Crippen LogP contribution < -0.4 is 15.5 Å². The number of nitrogens with one attached hydrogen (secondary N) is 3. The molecule has 45 heavy (non-hydrogen) atoms. The Morgan fingerprint density at radius 3 is 2.18 bits per heavy atom. The molecule has 6 rings (SSSR count). The first-order valence-electron chi connectivity index (χ1n) is 15.5. The molecule has 0 bridgehead atoms. The quantitative estimate of drug-likeness (QED) is 0.141. The number of hydrogen-bond acceptors (Lipinski definition) is 4. The van der Waals surface area contributed by atoms with E-state index in [-0.39, 0.29) is 11.9 Å². The first-order valence-corrected chi connectivity index (χ1v) is 16.2. The maximum atomic E-state index is 13.1. The molecule has 1 amide bonds. The summed E-state index contributed by atoms with van der Waals surface area (Å²) in [7, 11) is 0. The molecular formula is C36H38Cl2N6O. The Balaban J connectivity index is 1.01. The lowest BCUT2D eigenvalue weighted by molar-refractivity contribution is 0.102. The first-order chi connectivity index (χ1) is 21.8. The number of aryl methyl sites for hydroxylation is 1. The van der Waals surface area contributed by atoms with Crippen LogP contribution in [0.2, 0.25) is 10.0 Å². The highest BCUT2D eigenvalue weighted by Crippen LogP contribution is 2.33. The van der Waals surface area contributed by atoms with Gasteiger partial charge in [0, 0.05) is 49.7 Å². The van der Waals surface area contributed by atoms with E-state index in [1.54, 1.807) is 0 Å². The van der Waals surface area contributed by atoms with Crippen molar-refractivity contribution in [2.24, 2.45) is 0 Å². The number of guanidine groups is 1. The van der Waals surface area contributed by atoms with Crippen molar-refractivity contribution < 1.29 is 4.79 Å². The Kier molecular flexibility index (Phi) is 9.59. The van der Waals surface area contributed by atoms with E-state index in [9.17, 15) is 4.79 Å². The SMILES string of the molecule is Cc1ccccc1-c1cccc(C(=O)Nc2ccc(N3CCN(C(=N)Nc4c(Cl)cc(CN5CCCC5)cc4Cl)CC3)cc2)c1. The lowest BCUT2D eigenvalue weighted by Gasteiger charge is -2.37. The van der Waals surface area contributed by atoms with E-state index in [2.05, 4.69) is 39.5 Å². The second kappa shape index (κ2) is 13.9. The summed E-state index contributed by atoms with van der Waals surface area (Å²) < 4.78 is 0. The first kappa shape index (κ1) is 31.0. The summed E-state index contributed by atoms with van der Waals surface area (Å²) in [6.45, 7) is 8.03. The molecule has 2 aliphatic rings. The van der Waals surface area contributed by atoms with Gasteiger partial charge in [-0.1, -0.05) is 59.6 Å². The van der Waals surface area contributed by atoms with Crippen molar-refractivity contribution in [2.45, 2.75) is 26.3 Å². The Hall–Kier alpha value is -4.04. The number of rotatable bonds is 7. The number of likely N-dealkylation sites (tertiary alicyclic amines) is 1. The van der Waals surface area contributed by atoms with Crippen molar-refractivity contribution in [1.82, 2.24) is 9.80 Å². The highest BCUT2D eigenvalue weighted by atomic mass is 35.5. The Bertz CT molecular complexity index is 1650. The monoisotopic (exact) mass is 640 g/mol. The van der Waals surface area contributed by atoms with Crippen molar-refractivity contribution in [2.75, 3.05) is 54.8 Å². The van der Waals surface area contributed by atoms with Crippen LogP contribution in [-0.4, -0.2) is 60.9 Å². The zero-order valence-corrected chi connectivity index (χ0v) is 27.0. The average Bonchev–Trinajstić information content (AvgIpc) is 3.56. The number of nitrogens with zero attached hydrogens (tertiary/aromatic N) is 3. The maximum absolute atomic E-state index is 13.1. The van der Waals surface area contributed by atoms with E-state index in [4.69, 9.17) is 28.6 Å². The number of halogens is 2. The van der Waals surface area contributed by atoms with Gasteiger partial charge in [-0.2, -0.15) is 0 Å². The summed E-state index contributed by atoms with van der Waals surface area (Å²) in [6, 6.07) is 27.7.